The Balaban J connectivity index is 1.39. The molecule has 34 heavy (non-hydrogen) atoms. The first-order valence-electron chi connectivity index (χ1n) is 11.7. The van der Waals surface area contributed by atoms with Crippen LogP contribution < -0.4 is 10.2 Å². The molecular formula is C24H29F4N5O. The van der Waals surface area contributed by atoms with Crippen molar-refractivity contribution in [3.05, 3.63) is 47.4 Å². The molecule has 1 spiro atoms. The van der Waals surface area contributed by atoms with Gasteiger partial charge in [0.2, 0.25) is 0 Å². The van der Waals surface area contributed by atoms with Crippen molar-refractivity contribution in [2.45, 2.75) is 62.3 Å². The van der Waals surface area contributed by atoms with Gasteiger partial charge in [-0.3, -0.25) is 9.80 Å². The molecule has 2 amide bonds. The van der Waals surface area contributed by atoms with E-state index in [1.165, 1.54) is 15.6 Å². The van der Waals surface area contributed by atoms with Crippen LogP contribution >= 0.6 is 0 Å². The molecule has 5 rings (SSSR count). The van der Waals surface area contributed by atoms with Crippen LogP contribution in [0.1, 0.15) is 49.8 Å². The Morgan fingerprint density at radius 2 is 1.85 bits per heavy atom. The van der Waals surface area contributed by atoms with Crippen molar-refractivity contribution in [3.8, 4) is 0 Å². The predicted molar refractivity (Wildman–Crippen MR) is 119 cm³/mol. The lowest BCUT2D eigenvalue weighted by Gasteiger charge is -2.48. The van der Waals surface area contributed by atoms with Crippen molar-refractivity contribution in [2.75, 3.05) is 25.5 Å². The van der Waals surface area contributed by atoms with Crippen LogP contribution in [0.5, 0.6) is 0 Å². The van der Waals surface area contributed by atoms with Gasteiger partial charge in [0.05, 0.1) is 12.1 Å². The van der Waals surface area contributed by atoms with Gasteiger partial charge in [-0.2, -0.15) is 18.3 Å². The summed E-state index contributed by atoms with van der Waals surface area (Å²) in [5.41, 5.74) is -0.996. The average Bonchev–Trinajstić information content (AvgIpc) is 3.38. The van der Waals surface area contributed by atoms with E-state index in [9.17, 15) is 22.4 Å². The molecule has 3 fully saturated rings. The molecule has 1 N–H and O–H groups in total. The molecule has 3 aliphatic rings. The first-order valence-corrected chi connectivity index (χ1v) is 11.7. The minimum absolute atomic E-state index is 0.197. The highest BCUT2D eigenvalue weighted by molar-refractivity contribution is 5.94. The zero-order valence-corrected chi connectivity index (χ0v) is 19.3. The molecular weight excluding hydrogens is 450 g/mol. The molecule has 1 aliphatic heterocycles. The van der Waals surface area contributed by atoms with E-state index in [1.807, 2.05) is 20.2 Å². The smallest absolute Gasteiger partial charge is 0.330 e. The number of alkyl halides is 3. The van der Waals surface area contributed by atoms with E-state index < -0.39 is 23.4 Å². The maximum absolute atomic E-state index is 14.0. The summed E-state index contributed by atoms with van der Waals surface area (Å²) < 4.78 is 55.5. The molecule has 1 aromatic carbocycles. The van der Waals surface area contributed by atoms with Crippen LogP contribution in [0.3, 0.4) is 0 Å². The summed E-state index contributed by atoms with van der Waals surface area (Å²) in [5, 5.41) is 6.87. The second-order valence-corrected chi connectivity index (χ2v) is 10.2. The van der Waals surface area contributed by atoms with Gasteiger partial charge in [0.15, 0.2) is 5.69 Å². The summed E-state index contributed by atoms with van der Waals surface area (Å²) in [6.07, 6.45) is -0.00934. The largest absolute Gasteiger partial charge is 0.435 e. The summed E-state index contributed by atoms with van der Waals surface area (Å²) in [7, 11) is 3.94. The molecule has 6 nitrogen and oxygen atoms in total. The van der Waals surface area contributed by atoms with E-state index in [2.05, 4.69) is 15.3 Å². The normalized spacial score (nSPS) is 27.6. The summed E-state index contributed by atoms with van der Waals surface area (Å²) >= 11 is 0. The van der Waals surface area contributed by atoms with Crippen LogP contribution in [0.4, 0.5) is 28.2 Å². The van der Waals surface area contributed by atoms with Gasteiger partial charge < -0.3 is 5.32 Å². The molecule has 184 valence electrons. The molecule has 0 radical (unpaired) electrons. The second kappa shape index (κ2) is 7.96. The minimum Gasteiger partial charge on any atom is -0.330 e. The highest BCUT2D eigenvalue weighted by Gasteiger charge is 2.51. The molecule has 1 saturated heterocycles. The number of urea groups is 1. The number of anilines is 1. The summed E-state index contributed by atoms with van der Waals surface area (Å²) in [4.78, 5) is 16.5. The molecule has 0 bridgehead atoms. The Bertz CT molecular complexity index is 1080. The van der Waals surface area contributed by atoms with Gasteiger partial charge in [0.25, 0.3) is 0 Å². The number of aromatic nitrogens is 2. The third kappa shape index (κ3) is 4.06. The Kier molecular flexibility index (Phi) is 5.42. The fourth-order valence-corrected chi connectivity index (χ4v) is 5.53. The number of benzene rings is 1. The fourth-order valence-electron chi connectivity index (χ4n) is 5.53. The molecule has 2 heterocycles. The van der Waals surface area contributed by atoms with E-state index in [-0.39, 0.29) is 23.7 Å². The number of hydrogen-bond acceptors (Lipinski definition) is 3. The maximum Gasteiger partial charge on any atom is 0.435 e. The molecule has 2 aromatic rings. The lowest BCUT2D eigenvalue weighted by atomic mass is 9.69. The zero-order chi connectivity index (χ0) is 24.3. The van der Waals surface area contributed by atoms with Gasteiger partial charge in [-0.05, 0) is 76.2 Å². The van der Waals surface area contributed by atoms with E-state index >= 15 is 0 Å². The number of nitrogens with zero attached hydrogens (tertiary/aromatic N) is 4. The Morgan fingerprint density at radius 3 is 2.44 bits per heavy atom. The highest BCUT2D eigenvalue weighted by atomic mass is 19.4. The molecule has 2 saturated carbocycles. The third-order valence-corrected chi connectivity index (χ3v) is 7.78. The number of rotatable bonds is 5. The van der Waals surface area contributed by atoms with Gasteiger partial charge in [-0.1, -0.05) is 12.1 Å². The summed E-state index contributed by atoms with van der Waals surface area (Å²) in [6, 6.07) is 7.21. The predicted octanol–water partition coefficient (Wildman–Crippen LogP) is 4.75. The number of halogens is 4. The van der Waals surface area contributed by atoms with Crippen molar-refractivity contribution in [1.82, 2.24) is 20.0 Å². The lowest BCUT2D eigenvalue weighted by molar-refractivity contribution is -0.141. The quantitative estimate of drug-likeness (QED) is 0.630. The molecule has 0 atom stereocenters. The van der Waals surface area contributed by atoms with Crippen molar-refractivity contribution < 1.29 is 22.4 Å². The molecule has 1 aromatic heterocycles. The monoisotopic (exact) mass is 479 g/mol. The van der Waals surface area contributed by atoms with Crippen molar-refractivity contribution >= 4 is 11.8 Å². The van der Waals surface area contributed by atoms with E-state index in [0.717, 1.165) is 24.5 Å². The van der Waals surface area contributed by atoms with Crippen LogP contribution in [0, 0.1) is 11.7 Å². The lowest BCUT2D eigenvalue weighted by Crippen LogP contribution is -2.54. The standard InChI is InChI=1S/C24H29F4N5O/c1-31(2)23(17-4-3-5-18(25)12-17)10-8-22(9-11-23)15-32(21(34)29-22)20-13-19(24(26,27)28)30-33(20)14-16-6-7-16/h3-5,12-13,16H,6-11,14-15H2,1-2H3,(H,29,34)/t22-,23+. The van der Waals surface area contributed by atoms with Gasteiger partial charge in [0, 0.05) is 18.2 Å². The topological polar surface area (TPSA) is 53.4 Å². The number of hydrogen-bond donors (Lipinski definition) is 1. The molecule has 0 unspecified atom stereocenters. The van der Waals surface area contributed by atoms with E-state index in [1.54, 1.807) is 12.1 Å². The Hall–Kier alpha value is -2.62. The first-order chi connectivity index (χ1) is 16.0. The van der Waals surface area contributed by atoms with Crippen LogP contribution in [-0.4, -0.2) is 46.9 Å². The molecule has 2 aliphatic carbocycles. The minimum atomic E-state index is -4.57. The maximum atomic E-state index is 14.0. The van der Waals surface area contributed by atoms with E-state index in [0.29, 0.717) is 38.1 Å². The number of carbonyl (C=O) groups excluding carboxylic acids is 1. The average molecular weight is 480 g/mol. The van der Waals surface area contributed by atoms with Gasteiger partial charge in [-0.15, -0.1) is 0 Å². The van der Waals surface area contributed by atoms with Crippen molar-refractivity contribution in [1.29, 1.82) is 0 Å². The second-order valence-electron chi connectivity index (χ2n) is 10.2. The summed E-state index contributed by atoms with van der Waals surface area (Å²) in [6.45, 7) is 0.664. The summed E-state index contributed by atoms with van der Waals surface area (Å²) in [5.74, 6) is 0.216. The molecule has 10 heteroatoms. The number of carbonyl (C=O) groups is 1. The Labute approximate surface area is 195 Å². The van der Waals surface area contributed by atoms with Gasteiger partial charge in [-0.25, -0.2) is 13.9 Å². The van der Waals surface area contributed by atoms with Gasteiger partial charge >= 0.3 is 12.2 Å². The zero-order valence-electron chi connectivity index (χ0n) is 19.3. The SMILES string of the molecule is CN(C)[C@]1(c2cccc(F)c2)CC[C@]2(CC1)CN(c1cc(C(F)(F)F)nn1CC1CC1)C(=O)N2. The van der Waals surface area contributed by atoms with Crippen LogP contribution in [0.15, 0.2) is 30.3 Å². The number of amides is 2. The highest BCUT2D eigenvalue weighted by Crippen LogP contribution is 2.47. The third-order valence-electron chi connectivity index (χ3n) is 7.78. The van der Waals surface area contributed by atoms with Gasteiger partial charge in [0.1, 0.15) is 11.6 Å². The van der Waals surface area contributed by atoms with Crippen LogP contribution in [0.2, 0.25) is 0 Å². The van der Waals surface area contributed by atoms with Crippen molar-refractivity contribution in [3.63, 3.8) is 0 Å². The van der Waals surface area contributed by atoms with Crippen molar-refractivity contribution in [2.24, 2.45) is 5.92 Å². The first kappa shape index (κ1) is 23.1. The Morgan fingerprint density at radius 1 is 1.15 bits per heavy atom. The van der Waals surface area contributed by atoms with Crippen LogP contribution in [0.25, 0.3) is 0 Å². The fraction of sp³-hybridized carbons (Fsp3) is 0.583. The van der Waals surface area contributed by atoms with Crippen LogP contribution in [-0.2, 0) is 18.3 Å². The number of nitrogens with one attached hydrogen (secondary N) is 1. The van der Waals surface area contributed by atoms with E-state index in [4.69, 9.17) is 0 Å².